The van der Waals surface area contributed by atoms with Crippen molar-refractivity contribution in [3.05, 3.63) is 48.3 Å². The summed E-state index contributed by atoms with van der Waals surface area (Å²) in [5.74, 6) is 0.786. The van der Waals surface area contributed by atoms with Crippen LogP contribution in [-0.4, -0.2) is 36.0 Å². The van der Waals surface area contributed by atoms with Crippen LogP contribution in [0.3, 0.4) is 0 Å². The van der Waals surface area contributed by atoms with Crippen LogP contribution in [0, 0.1) is 0 Å². The van der Waals surface area contributed by atoms with Crippen LogP contribution in [0.2, 0.25) is 0 Å². The number of carbonyl (C=O) groups is 1. The van der Waals surface area contributed by atoms with Crippen LogP contribution in [0.4, 0.5) is 0 Å². The summed E-state index contributed by atoms with van der Waals surface area (Å²) in [6, 6.07) is 9.49. The number of hydrogen-bond donors (Lipinski definition) is 0. The molecule has 0 saturated heterocycles. The minimum absolute atomic E-state index is 0.0632. The molecule has 0 saturated carbocycles. The molecule has 1 heterocycles. The highest BCUT2D eigenvalue weighted by Gasteiger charge is 2.13. The Labute approximate surface area is 125 Å². The van der Waals surface area contributed by atoms with Gasteiger partial charge in [0, 0.05) is 30.4 Å². The molecule has 0 atom stereocenters. The zero-order valence-electron chi connectivity index (χ0n) is 12.7. The lowest BCUT2D eigenvalue weighted by molar-refractivity contribution is 0.0773. The molecular weight excluding hydrogens is 264 g/mol. The predicted molar refractivity (Wildman–Crippen MR) is 83.5 cm³/mol. The van der Waals surface area contributed by atoms with Gasteiger partial charge < -0.3 is 9.64 Å². The first-order chi connectivity index (χ1) is 10.2. The van der Waals surface area contributed by atoms with E-state index in [9.17, 15) is 4.79 Å². The zero-order valence-corrected chi connectivity index (χ0v) is 12.7. The molecule has 0 fully saturated rings. The summed E-state index contributed by atoms with van der Waals surface area (Å²) in [6.07, 6.45) is 3.41. The van der Waals surface area contributed by atoms with Crippen LogP contribution in [0.25, 0.3) is 11.1 Å². The molecule has 2 aromatic rings. The second kappa shape index (κ2) is 6.88. The fraction of sp³-hybridized carbons (Fsp3) is 0.294. The van der Waals surface area contributed by atoms with E-state index in [0.717, 1.165) is 30.0 Å². The first-order valence-electron chi connectivity index (χ1n) is 7.09. The van der Waals surface area contributed by atoms with E-state index in [-0.39, 0.29) is 5.91 Å². The van der Waals surface area contributed by atoms with Crippen LogP contribution < -0.4 is 4.74 Å². The summed E-state index contributed by atoms with van der Waals surface area (Å²) in [6.45, 7) is 5.40. The molecule has 2 rings (SSSR count). The van der Waals surface area contributed by atoms with E-state index >= 15 is 0 Å². The molecule has 0 aliphatic carbocycles. The van der Waals surface area contributed by atoms with E-state index in [4.69, 9.17) is 4.74 Å². The highest BCUT2D eigenvalue weighted by Crippen LogP contribution is 2.28. The second-order valence-corrected chi connectivity index (χ2v) is 4.63. The topological polar surface area (TPSA) is 42.4 Å². The number of methoxy groups -OCH3 is 1. The van der Waals surface area contributed by atoms with Crippen molar-refractivity contribution in [2.45, 2.75) is 13.8 Å². The Balaban J connectivity index is 2.29. The van der Waals surface area contributed by atoms with Gasteiger partial charge in [-0.05, 0) is 37.6 Å². The Morgan fingerprint density at radius 2 is 1.81 bits per heavy atom. The van der Waals surface area contributed by atoms with Crippen molar-refractivity contribution in [3.8, 4) is 16.9 Å². The van der Waals surface area contributed by atoms with Gasteiger partial charge in [-0.15, -0.1) is 0 Å². The molecule has 0 spiro atoms. The number of aromatic nitrogens is 1. The molecule has 0 aliphatic rings. The maximum absolute atomic E-state index is 12.3. The SMILES string of the molecule is CCN(CC)C(=O)c1ccc(-c2ccncc2OC)cc1. The van der Waals surface area contributed by atoms with Crippen molar-refractivity contribution in [1.29, 1.82) is 0 Å². The first kappa shape index (κ1) is 15.0. The average Bonchev–Trinajstić information content (AvgIpc) is 2.56. The van der Waals surface area contributed by atoms with Crippen molar-refractivity contribution in [2.75, 3.05) is 20.2 Å². The molecule has 0 radical (unpaired) electrons. The van der Waals surface area contributed by atoms with Crippen molar-refractivity contribution >= 4 is 5.91 Å². The average molecular weight is 284 g/mol. The molecular formula is C17H20N2O2. The number of benzene rings is 1. The highest BCUT2D eigenvalue weighted by molar-refractivity contribution is 5.94. The molecule has 21 heavy (non-hydrogen) atoms. The van der Waals surface area contributed by atoms with Crippen LogP contribution in [0.15, 0.2) is 42.7 Å². The van der Waals surface area contributed by atoms with Gasteiger partial charge in [0.1, 0.15) is 5.75 Å². The molecule has 1 aromatic heterocycles. The first-order valence-corrected chi connectivity index (χ1v) is 7.09. The highest BCUT2D eigenvalue weighted by atomic mass is 16.5. The van der Waals surface area contributed by atoms with Gasteiger partial charge in [-0.2, -0.15) is 0 Å². The number of hydrogen-bond acceptors (Lipinski definition) is 3. The molecule has 4 heteroatoms. The third-order valence-electron chi connectivity index (χ3n) is 3.50. The molecule has 110 valence electrons. The second-order valence-electron chi connectivity index (χ2n) is 4.63. The Morgan fingerprint density at radius 3 is 2.38 bits per heavy atom. The predicted octanol–water partition coefficient (Wildman–Crippen LogP) is 3.24. The van der Waals surface area contributed by atoms with Crippen LogP contribution >= 0.6 is 0 Å². The summed E-state index contributed by atoms with van der Waals surface area (Å²) >= 11 is 0. The Kier molecular flexibility index (Phi) is 4.93. The van der Waals surface area contributed by atoms with E-state index in [2.05, 4.69) is 4.98 Å². The van der Waals surface area contributed by atoms with Crippen LogP contribution in [0.5, 0.6) is 5.75 Å². The van der Waals surface area contributed by atoms with E-state index in [1.165, 1.54) is 0 Å². The van der Waals surface area contributed by atoms with Crippen molar-refractivity contribution in [2.24, 2.45) is 0 Å². The Morgan fingerprint density at radius 1 is 1.14 bits per heavy atom. The smallest absolute Gasteiger partial charge is 0.253 e. The summed E-state index contributed by atoms with van der Waals surface area (Å²) in [4.78, 5) is 18.1. The van der Waals surface area contributed by atoms with Crippen LogP contribution in [-0.2, 0) is 0 Å². The molecule has 0 aliphatic heterocycles. The molecule has 1 aromatic carbocycles. The lowest BCUT2D eigenvalue weighted by atomic mass is 10.0. The standard InChI is InChI=1S/C17H20N2O2/c1-4-19(5-2)17(20)14-8-6-13(7-9-14)15-10-11-18-12-16(15)21-3/h6-12H,4-5H2,1-3H3. The number of rotatable bonds is 5. The lowest BCUT2D eigenvalue weighted by Gasteiger charge is -2.18. The van der Waals surface area contributed by atoms with Crippen molar-refractivity contribution in [3.63, 3.8) is 0 Å². The number of amides is 1. The number of pyridine rings is 1. The minimum atomic E-state index is 0.0632. The molecule has 1 amide bonds. The molecule has 0 N–H and O–H groups in total. The van der Waals surface area contributed by atoms with Crippen LogP contribution in [0.1, 0.15) is 24.2 Å². The number of ether oxygens (including phenoxy) is 1. The van der Waals surface area contributed by atoms with Gasteiger partial charge in [0.2, 0.25) is 0 Å². The third kappa shape index (κ3) is 3.21. The zero-order chi connectivity index (χ0) is 15.2. The van der Waals surface area contributed by atoms with Gasteiger partial charge in [-0.3, -0.25) is 9.78 Å². The van der Waals surface area contributed by atoms with Gasteiger partial charge in [0.15, 0.2) is 0 Å². The summed E-state index contributed by atoms with van der Waals surface area (Å²) in [7, 11) is 1.62. The molecule has 0 bridgehead atoms. The van der Waals surface area contributed by atoms with E-state index in [1.54, 1.807) is 19.5 Å². The lowest BCUT2D eigenvalue weighted by Crippen LogP contribution is -2.30. The Hall–Kier alpha value is -2.36. The number of carbonyl (C=O) groups excluding carboxylic acids is 1. The van der Waals surface area contributed by atoms with Crippen molar-refractivity contribution in [1.82, 2.24) is 9.88 Å². The Bertz CT molecular complexity index is 604. The van der Waals surface area contributed by atoms with E-state index in [1.807, 2.05) is 49.1 Å². The number of nitrogens with zero attached hydrogens (tertiary/aromatic N) is 2. The van der Waals surface area contributed by atoms with E-state index in [0.29, 0.717) is 5.56 Å². The van der Waals surface area contributed by atoms with E-state index < -0.39 is 0 Å². The third-order valence-corrected chi connectivity index (χ3v) is 3.50. The van der Waals surface area contributed by atoms with Gasteiger partial charge >= 0.3 is 0 Å². The summed E-state index contributed by atoms with van der Waals surface area (Å²) in [5.41, 5.74) is 2.68. The van der Waals surface area contributed by atoms with Gasteiger partial charge in [-0.25, -0.2) is 0 Å². The summed E-state index contributed by atoms with van der Waals surface area (Å²) < 4.78 is 5.31. The van der Waals surface area contributed by atoms with Gasteiger partial charge in [-0.1, -0.05) is 12.1 Å². The van der Waals surface area contributed by atoms with Gasteiger partial charge in [0.25, 0.3) is 5.91 Å². The maximum atomic E-state index is 12.3. The molecule has 0 unspecified atom stereocenters. The summed E-state index contributed by atoms with van der Waals surface area (Å²) in [5, 5.41) is 0. The monoisotopic (exact) mass is 284 g/mol. The van der Waals surface area contributed by atoms with Gasteiger partial charge in [0.05, 0.1) is 13.3 Å². The molecule has 4 nitrogen and oxygen atoms in total. The quantitative estimate of drug-likeness (QED) is 0.846. The normalized spacial score (nSPS) is 10.2. The maximum Gasteiger partial charge on any atom is 0.253 e. The van der Waals surface area contributed by atoms with Crippen molar-refractivity contribution < 1.29 is 9.53 Å². The fourth-order valence-corrected chi connectivity index (χ4v) is 2.27. The largest absolute Gasteiger partial charge is 0.494 e. The fourth-order valence-electron chi connectivity index (χ4n) is 2.27. The minimum Gasteiger partial charge on any atom is -0.494 e.